The number of hydrogen-bond donors (Lipinski definition) is 1. The molecule has 1 fully saturated rings. The molecule has 1 aliphatic rings. The maximum Gasteiger partial charge on any atom is 0.253 e. The normalized spacial score (nSPS) is 15.2. The number of benzene rings is 2. The molecule has 2 amide bonds. The molecule has 4 nitrogen and oxygen atoms in total. The molecule has 0 spiro atoms. The molecule has 0 unspecified atom stereocenters. The Morgan fingerprint density at radius 1 is 1.00 bits per heavy atom. The largest absolute Gasteiger partial charge is 0.339 e. The molecule has 0 atom stereocenters. The molecule has 2 aromatic carbocycles. The van der Waals surface area contributed by atoms with E-state index in [4.69, 9.17) is 0 Å². The summed E-state index contributed by atoms with van der Waals surface area (Å²) in [5.74, 6) is 0.0698. The van der Waals surface area contributed by atoms with E-state index in [9.17, 15) is 9.59 Å². The van der Waals surface area contributed by atoms with E-state index in [0.29, 0.717) is 25.9 Å². The third kappa shape index (κ3) is 5.06. The van der Waals surface area contributed by atoms with Gasteiger partial charge >= 0.3 is 0 Å². The Labute approximate surface area is 174 Å². The van der Waals surface area contributed by atoms with Crippen LogP contribution in [0.1, 0.15) is 62.0 Å². The zero-order valence-electron chi connectivity index (χ0n) is 18.0. The fourth-order valence-electron chi connectivity index (χ4n) is 3.83. The summed E-state index contributed by atoms with van der Waals surface area (Å²) < 4.78 is 0. The van der Waals surface area contributed by atoms with Crippen LogP contribution in [0.2, 0.25) is 0 Å². The van der Waals surface area contributed by atoms with Gasteiger partial charge in [0, 0.05) is 30.3 Å². The summed E-state index contributed by atoms with van der Waals surface area (Å²) in [6.45, 7) is 9.82. The van der Waals surface area contributed by atoms with E-state index in [1.807, 2.05) is 53.4 Å². The van der Waals surface area contributed by atoms with Crippen LogP contribution in [-0.2, 0) is 16.6 Å². The van der Waals surface area contributed by atoms with Gasteiger partial charge in [0.2, 0.25) is 5.91 Å². The van der Waals surface area contributed by atoms with Gasteiger partial charge < -0.3 is 10.2 Å². The summed E-state index contributed by atoms with van der Waals surface area (Å²) in [4.78, 5) is 27.4. The number of carbonyl (C=O) groups is 2. The van der Waals surface area contributed by atoms with Crippen LogP contribution in [0.25, 0.3) is 0 Å². The second-order valence-corrected chi connectivity index (χ2v) is 8.89. The van der Waals surface area contributed by atoms with Crippen molar-refractivity contribution in [3.8, 4) is 0 Å². The Bertz CT molecular complexity index is 857. The number of anilines is 1. The molecule has 1 N–H and O–H groups in total. The van der Waals surface area contributed by atoms with Gasteiger partial charge in [-0.05, 0) is 54.0 Å². The van der Waals surface area contributed by atoms with Gasteiger partial charge in [-0.15, -0.1) is 0 Å². The van der Waals surface area contributed by atoms with Crippen LogP contribution in [0.3, 0.4) is 0 Å². The van der Waals surface area contributed by atoms with E-state index in [-0.39, 0.29) is 23.1 Å². The zero-order chi connectivity index (χ0) is 21.0. The molecule has 0 aliphatic carbocycles. The Kier molecular flexibility index (Phi) is 6.41. The van der Waals surface area contributed by atoms with Crippen molar-refractivity contribution in [2.24, 2.45) is 5.92 Å². The molecule has 1 aliphatic heterocycles. The van der Waals surface area contributed by atoms with Crippen LogP contribution in [0.5, 0.6) is 0 Å². The van der Waals surface area contributed by atoms with Crippen molar-refractivity contribution in [2.45, 2.75) is 52.4 Å². The topological polar surface area (TPSA) is 49.4 Å². The van der Waals surface area contributed by atoms with Gasteiger partial charge in [0.05, 0.1) is 0 Å². The van der Waals surface area contributed by atoms with Gasteiger partial charge in [-0.2, -0.15) is 0 Å². The van der Waals surface area contributed by atoms with Gasteiger partial charge in [0.15, 0.2) is 0 Å². The molecule has 0 saturated carbocycles. The monoisotopic (exact) mass is 392 g/mol. The number of carbonyl (C=O) groups excluding carboxylic acids is 2. The van der Waals surface area contributed by atoms with E-state index >= 15 is 0 Å². The highest BCUT2D eigenvalue weighted by molar-refractivity contribution is 5.95. The minimum atomic E-state index is -0.0489. The minimum Gasteiger partial charge on any atom is -0.339 e. The first-order valence-corrected chi connectivity index (χ1v) is 10.6. The molecular weight excluding hydrogens is 360 g/mol. The zero-order valence-corrected chi connectivity index (χ0v) is 18.0. The SMILES string of the molecule is CCc1ccccc1NC(=O)C1CCN(C(=O)c2ccc(C(C)(C)C)cc2)CC1. The van der Waals surface area contributed by atoms with Gasteiger partial charge in [-0.1, -0.05) is 58.0 Å². The molecule has 2 aromatic rings. The van der Waals surface area contributed by atoms with Gasteiger partial charge in [-0.25, -0.2) is 0 Å². The lowest BCUT2D eigenvalue weighted by atomic mass is 9.86. The molecule has 0 bridgehead atoms. The molecule has 29 heavy (non-hydrogen) atoms. The Balaban J connectivity index is 1.57. The van der Waals surface area contributed by atoms with Crippen molar-refractivity contribution in [3.63, 3.8) is 0 Å². The number of rotatable bonds is 4. The first kappa shape index (κ1) is 21.1. The molecule has 3 rings (SSSR count). The highest BCUT2D eigenvalue weighted by Crippen LogP contribution is 2.25. The first-order chi connectivity index (χ1) is 13.8. The predicted molar refractivity (Wildman–Crippen MR) is 118 cm³/mol. The van der Waals surface area contributed by atoms with Crippen molar-refractivity contribution < 1.29 is 9.59 Å². The number of para-hydroxylation sites is 1. The lowest BCUT2D eigenvalue weighted by molar-refractivity contribution is -0.121. The number of hydrogen-bond acceptors (Lipinski definition) is 2. The maximum absolute atomic E-state index is 12.8. The van der Waals surface area contributed by atoms with Crippen molar-refractivity contribution >= 4 is 17.5 Å². The van der Waals surface area contributed by atoms with Gasteiger partial charge in [0.25, 0.3) is 5.91 Å². The fourth-order valence-corrected chi connectivity index (χ4v) is 3.83. The molecule has 0 radical (unpaired) electrons. The van der Waals surface area contributed by atoms with Crippen molar-refractivity contribution in [2.75, 3.05) is 18.4 Å². The minimum absolute atomic E-state index is 0.0489. The van der Waals surface area contributed by atoms with E-state index in [0.717, 1.165) is 23.2 Å². The summed E-state index contributed by atoms with van der Waals surface area (Å²) in [6, 6.07) is 15.9. The van der Waals surface area contributed by atoms with E-state index < -0.39 is 0 Å². The highest BCUT2D eigenvalue weighted by atomic mass is 16.2. The summed E-state index contributed by atoms with van der Waals surface area (Å²) in [6.07, 6.45) is 2.29. The summed E-state index contributed by atoms with van der Waals surface area (Å²) in [5, 5.41) is 3.08. The number of nitrogens with one attached hydrogen (secondary N) is 1. The van der Waals surface area contributed by atoms with Crippen molar-refractivity contribution in [1.29, 1.82) is 0 Å². The second kappa shape index (κ2) is 8.81. The molecule has 154 valence electrons. The van der Waals surface area contributed by atoms with Gasteiger partial charge in [-0.3, -0.25) is 9.59 Å². The lowest BCUT2D eigenvalue weighted by Gasteiger charge is -2.31. The Morgan fingerprint density at radius 2 is 1.62 bits per heavy atom. The number of aryl methyl sites for hydroxylation is 1. The molecule has 4 heteroatoms. The smallest absolute Gasteiger partial charge is 0.253 e. The molecule has 1 heterocycles. The maximum atomic E-state index is 12.8. The summed E-state index contributed by atoms with van der Waals surface area (Å²) >= 11 is 0. The number of likely N-dealkylation sites (tertiary alicyclic amines) is 1. The van der Waals surface area contributed by atoms with Crippen LogP contribution >= 0.6 is 0 Å². The summed E-state index contributed by atoms with van der Waals surface area (Å²) in [5.41, 5.74) is 4.06. The Morgan fingerprint density at radius 3 is 2.21 bits per heavy atom. The third-order valence-electron chi connectivity index (χ3n) is 5.81. The lowest BCUT2D eigenvalue weighted by Crippen LogP contribution is -2.41. The quantitative estimate of drug-likeness (QED) is 0.793. The van der Waals surface area contributed by atoms with E-state index in [1.54, 1.807) is 0 Å². The number of piperidine rings is 1. The van der Waals surface area contributed by atoms with E-state index in [2.05, 4.69) is 33.0 Å². The Hall–Kier alpha value is -2.62. The number of nitrogens with zero attached hydrogens (tertiary/aromatic N) is 1. The standard InChI is InChI=1S/C25H32N2O2/c1-5-18-8-6-7-9-22(18)26-23(28)19-14-16-27(17-15-19)24(29)20-10-12-21(13-11-20)25(2,3)4/h6-13,19H,5,14-17H2,1-4H3,(H,26,28). The van der Waals surface area contributed by atoms with Crippen LogP contribution in [0.4, 0.5) is 5.69 Å². The van der Waals surface area contributed by atoms with Crippen LogP contribution < -0.4 is 5.32 Å². The van der Waals surface area contributed by atoms with Gasteiger partial charge in [0.1, 0.15) is 0 Å². The predicted octanol–water partition coefficient (Wildman–Crippen LogP) is 5.04. The van der Waals surface area contributed by atoms with E-state index in [1.165, 1.54) is 5.56 Å². The molecular formula is C25H32N2O2. The van der Waals surface area contributed by atoms with Crippen LogP contribution in [0, 0.1) is 5.92 Å². The highest BCUT2D eigenvalue weighted by Gasteiger charge is 2.28. The summed E-state index contributed by atoms with van der Waals surface area (Å²) in [7, 11) is 0. The number of amides is 2. The molecule has 0 aromatic heterocycles. The van der Waals surface area contributed by atoms with Crippen molar-refractivity contribution in [1.82, 2.24) is 4.90 Å². The van der Waals surface area contributed by atoms with Crippen LogP contribution in [-0.4, -0.2) is 29.8 Å². The third-order valence-corrected chi connectivity index (χ3v) is 5.81. The molecule has 1 saturated heterocycles. The first-order valence-electron chi connectivity index (χ1n) is 10.6. The fraction of sp³-hybridized carbons (Fsp3) is 0.440. The average Bonchev–Trinajstić information content (AvgIpc) is 2.73. The average molecular weight is 393 g/mol. The second-order valence-electron chi connectivity index (χ2n) is 8.89. The van der Waals surface area contributed by atoms with Crippen LogP contribution in [0.15, 0.2) is 48.5 Å². The van der Waals surface area contributed by atoms with Crippen molar-refractivity contribution in [3.05, 3.63) is 65.2 Å².